The molecular formula is C14H10BrCl2NO. The summed E-state index contributed by atoms with van der Waals surface area (Å²) < 4.78 is 0.650. The van der Waals surface area contributed by atoms with Gasteiger partial charge in [-0.2, -0.15) is 0 Å². The molecule has 0 radical (unpaired) electrons. The molecule has 2 aromatic carbocycles. The lowest BCUT2D eigenvalue weighted by Gasteiger charge is -2.10. The van der Waals surface area contributed by atoms with E-state index >= 15 is 0 Å². The average molecular weight is 359 g/mol. The summed E-state index contributed by atoms with van der Waals surface area (Å²) in [6, 6.07) is 10.4. The number of anilines is 1. The second-order valence-electron chi connectivity index (χ2n) is 4.04. The fraction of sp³-hybridized carbons (Fsp3) is 0.0714. The van der Waals surface area contributed by atoms with E-state index < -0.39 is 0 Å². The minimum atomic E-state index is -0.214. The van der Waals surface area contributed by atoms with Crippen molar-refractivity contribution in [1.29, 1.82) is 0 Å². The lowest BCUT2D eigenvalue weighted by Crippen LogP contribution is -2.13. The first-order valence-corrected chi connectivity index (χ1v) is 7.05. The van der Waals surface area contributed by atoms with Crippen molar-refractivity contribution in [3.05, 3.63) is 62.0 Å². The van der Waals surface area contributed by atoms with E-state index in [4.69, 9.17) is 23.2 Å². The predicted octanol–water partition coefficient (Wildman–Crippen LogP) is 5.32. The number of benzene rings is 2. The number of halogens is 3. The molecular weight excluding hydrogens is 349 g/mol. The van der Waals surface area contributed by atoms with Crippen LogP contribution in [0.2, 0.25) is 10.0 Å². The molecule has 2 rings (SSSR count). The van der Waals surface area contributed by atoms with E-state index in [0.29, 0.717) is 25.8 Å². The van der Waals surface area contributed by atoms with Gasteiger partial charge in [-0.05, 0) is 58.7 Å². The van der Waals surface area contributed by atoms with Crippen LogP contribution in [0, 0.1) is 6.92 Å². The van der Waals surface area contributed by atoms with Crippen LogP contribution >= 0.6 is 39.1 Å². The molecule has 98 valence electrons. The molecule has 2 aromatic rings. The Bertz CT molecular complexity index is 643. The predicted molar refractivity (Wildman–Crippen MR) is 83.3 cm³/mol. The minimum absolute atomic E-state index is 0.214. The SMILES string of the molecule is Cc1ccc(Cl)cc1NC(=O)c1ccc(Cl)cc1Br. The van der Waals surface area contributed by atoms with Gasteiger partial charge in [0.1, 0.15) is 0 Å². The number of nitrogens with one attached hydrogen (secondary N) is 1. The van der Waals surface area contributed by atoms with Gasteiger partial charge in [-0.1, -0.05) is 29.3 Å². The number of aryl methyl sites for hydroxylation is 1. The van der Waals surface area contributed by atoms with Gasteiger partial charge in [-0.3, -0.25) is 4.79 Å². The number of rotatable bonds is 2. The standard InChI is InChI=1S/C14H10BrCl2NO/c1-8-2-3-10(17)7-13(8)18-14(19)11-5-4-9(16)6-12(11)15/h2-7H,1H3,(H,18,19). The topological polar surface area (TPSA) is 29.1 Å². The molecule has 0 spiro atoms. The molecule has 0 aliphatic rings. The summed E-state index contributed by atoms with van der Waals surface area (Å²) >= 11 is 15.1. The minimum Gasteiger partial charge on any atom is -0.322 e. The highest BCUT2D eigenvalue weighted by Gasteiger charge is 2.11. The largest absolute Gasteiger partial charge is 0.322 e. The number of hydrogen-bond acceptors (Lipinski definition) is 1. The van der Waals surface area contributed by atoms with Gasteiger partial charge in [0.05, 0.1) is 5.56 Å². The van der Waals surface area contributed by atoms with Crippen LogP contribution in [0.3, 0.4) is 0 Å². The summed E-state index contributed by atoms with van der Waals surface area (Å²) in [5, 5.41) is 3.98. The molecule has 0 unspecified atom stereocenters. The highest BCUT2D eigenvalue weighted by Crippen LogP contribution is 2.24. The van der Waals surface area contributed by atoms with Gasteiger partial charge >= 0.3 is 0 Å². The first kappa shape index (κ1) is 14.4. The van der Waals surface area contributed by atoms with E-state index in [1.807, 2.05) is 13.0 Å². The molecule has 0 aromatic heterocycles. The van der Waals surface area contributed by atoms with Crippen molar-refractivity contribution in [1.82, 2.24) is 0 Å². The zero-order valence-electron chi connectivity index (χ0n) is 10.0. The highest BCUT2D eigenvalue weighted by atomic mass is 79.9. The van der Waals surface area contributed by atoms with Crippen LogP contribution < -0.4 is 5.32 Å². The van der Waals surface area contributed by atoms with E-state index in [-0.39, 0.29) is 5.91 Å². The third kappa shape index (κ3) is 3.50. The summed E-state index contributed by atoms with van der Waals surface area (Å²) in [6.45, 7) is 1.91. The van der Waals surface area contributed by atoms with Crippen molar-refractivity contribution >= 4 is 50.7 Å². The van der Waals surface area contributed by atoms with Gasteiger partial charge in [-0.15, -0.1) is 0 Å². The molecule has 0 saturated heterocycles. The second kappa shape index (κ2) is 5.95. The smallest absolute Gasteiger partial charge is 0.256 e. The van der Waals surface area contributed by atoms with Crippen LogP contribution in [0.25, 0.3) is 0 Å². The number of amides is 1. The summed E-state index contributed by atoms with van der Waals surface area (Å²) in [7, 11) is 0. The Labute approximate surface area is 129 Å². The van der Waals surface area contributed by atoms with Gasteiger partial charge in [0.2, 0.25) is 0 Å². The normalized spacial score (nSPS) is 10.3. The molecule has 0 saturated carbocycles. The molecule has 0 bridgehead atoms. The van der Waals surface area contributed by atoms with E-state index in [1.165, 1.54) is 0 Å². The third-order valence-corrected chi connectivity index (χ3v) is 3.75. The molecule has 1 N–H and O–H groups in total. The molecule has 19 heavy (non-hydrogen) atoms. The Kier molecular flexibility index (Phi) is 4.50. The number of carbonyl (C=O) groups excluding carboxylic acids is 1. The maximum absolute atomic E-state index is 12.2. The van der Waals surface area contributed by atoms with Crippen molar-refractivity contribution in [2.75, 3.05) is 5.32 Å². The van der Waals surface area contributed by atoms with Gasteiger partial charge in [0.25, 0.3) is 5.91 Å². The summed E-state index contributed by atoms with van der Waals surface area (Å²) in [4.78, 5) is 12.2. The average Bonchev–Trinajstić information content (AvgIpc) is 2.33. The second-order valence-corrected chi connectivity index (χ2v) is 5.76. The Morgan fingerprint density at radius 1 is 1.11 bits per heavy atom. The van der Waals surface area contributed by atoms with Gasteiger partial charge in [0.15, 0.2) is 0 Å². The quantitative estimate of drug-likeness (QED) is 0.773. The van der Waals surface area contributed by atoms with E-state index in [9.17, 15) is 4.79 Å². The molecule has 0 fully saturated rings. The maximum atomic E-state index is 12.2. The third-order valence-electron chi connectivity index (χ3n) is 2.62. The monoisotopic (exact) mass is 357 g/mol. The van der Waals surface area contributed by atoms with Crippen molar-refractivity contribution in [2.45, 2.75) is 6.92 Å². The zero-order chi connectivity index (χ0) is 14.0. The van der Waals surface area contributed by atoms with Crippen LogP contribution in [0.5, 0.6) is 0 Å². The van der Waals surface area contributed by atoms with Crippen molar-refractivity contribution < 1.29 is 4.79 Å². The number of hydrogen-bond donors (Lipinski definition) is 1. The summed E-state index contributed by atoms with van der Waals surface area (Å²) in [5.41, 5.74) is 2.16. The Balaban J connectivity index is 2.28. The van der Waals surface area contributed by atoms with E-state index in [1.54, 1.807) is 30.3 Å². The van der Waals surface area contributed by atoms with Gasteiger partial charge < -0.3 is 5.32 Å². The fourth-order valence-corrected chi connectivity index (χ4v) is 2.63. The van der Waals surface area contributed by atoms with Crippen LogP contribution in [-0.4, -0.2) is 5.91 Å². The van der Waals surface area contributed by atoms with Crippen molar-refractivity contribution in [3.8, 4) is 0 Å². The van der Waals surface area contributed by atoms with Crippen molar-refractivity contribution in [2.24, 2.45) is 0 Å². The van der Waals surface area contributed by atoms with E-state index in [0.717, 1.165) is 5.56 Å². The lowest BCUT2D eigenvalue weighted by atomic mass is 10.1. The maximum Gasteiger partial charge on any atom is 0.256 e. The molecule has 5 heteroatoms. The molecule has 0 aliphatic heterocycles. The molecule has 0 atom stereocenters. The zero-order valence-corrected chi connectivity index (χ0v) is 13.1. The van der Waals surface area contributed by atoms with E-state index in [2.05, 4.69) is 21.2 Å². The summed E-state index contributed by atoms with van der Waals surface area (Å²) in [6.07, 6.45) is 0. The first-order chi connectivity index (χ1) is 8.97. The van der Waals surface area contributed by atoms with Crippen LogP contribution in [0.1, 0.15) is 15.9 Å². The number of carbonyl (C=O) groups is 1. The molecule has 0 aliphatic carbocycles. The van der Waals surface area contributed by atoms with Crippen molar-refractivity contribution in [3.63, 3.8) is 0 Å². The molecule has 2 nitrogen and oxygen atoms in total. The molecule has 0 heterocycles. The van der Waals surface area contributed by atoms with Gasteiger partial charge in [-0.25, -0.2) is 0 Å². The van der Waals surface area contributed by atoms with Crippen LogP contribution in [0.15, 0.2) is 40.9 Å². The highest BCUT2D eigenvalue weighted by molar-refractivity contribution is 9.10. The Hall–Kier alpha value is -1.03. The first-order valence-electron chi connectivity index (χ1n) is 5.50. The Morgan fingerprint density at radius 3 is 2.42 bits per heavy atom. The van der Waals surface area contributed by atoms with Crippen LogP contribution in [0.4, 0.5) is 5.69 Å². The lowest BCUT2D eigenvalue weighted by molar-refractivity contribution is 0.102. The summed E-state index contributed by atoms with van der Waals surface area (Å²) in [5.74, 6) is -0.214. The van der Waals surface area contributed by atoms with Gasteiger partial charge in [0, 0.05) is 20.2 Å². The fourth-order valence-electron chi connectivity index (χ4n) is 1.59. The Morgan fingerprint density at radius 2 is 1.74 bits per heavy atom. The molecule has 1 amide bonds. The van der Waals surface area contributed by atoms with Crippen LogP contribution in [-0.2, 0) is 0 Å².